The maximum atomic E-state index is 10.4. The van der Waals surface area contributed by atoms with Crippen molar-refractivity contribution in [1.82, 2.24) is 5.32 Å². The largest absolute Gasteiger partial charge is 0.493 e. The molecule has 1 aromatic heterocycles. The highest BCUT2D eigenvalue weighted by atomic mass is 35.5. The molecule has 0 saturated carbocycles. The summed E-state index contributed by atoms with van der Waals surface area (Å²) in [6, 6.07) is 11.9. The zero-order chi connectivity index (χ0) is 18.5. The fourth-order valence-corrected chi connectivity index (χ4v) is 3.99. The molecule has 2 aromatic carbocycles. The van der Waals surface area contributed by atoms with Gasteiger partial charge >= 0.3 is 0 Å². The second-order valence-corrected chi connectivity index (χ2v) is 7.29. The van der Waals surface area contributed by atoms with Crippen LogP contribution in [0.4, 0.5) is 0 Å². The van der Waals surface area contributed by atoms with E-state index in [-0.39, 0.29) is 0 Å². The zero-order valence-electron chi connectivity index (χ0n) is 14.8. The molecule has 0 spiro atoms. The number of aliphatic hydroxyl groups is 1. The molecule has 0 radical (unpaired) electrons. The van der Waals surface area contributed by atoms with Gasteiger partial charge in [0.1, 0.15) is 0 Å². The monoisotopic (exact) mass is 391 g/mol. The van der Waals surface area contributed by atoms with Crippen LogP contribution in [0.3, 0.4) is 0 Å². The van der Waals surface area contributed by atoms with E-state index in [1.165, 1.54) is 10.1 Å². The summed E-state index contributed by atoms with van der Waals surface area (Å²) in [5.74, 6) is 1.17. The Morgan fingerprint density at radius 3 is 2.77 bits per heavy atom. The van der Waals surface area contributed by atoms with Crippen LogP contribution in [0.2, 0.25) is 5.02 Å². The first-order valence-electron chi connectivity index (χ1n) is 8.39. The number of hydrogen-bond donors (Lipinski definition) is 2. The topological polar surface area (TPSA) is 50.7 Å². The maximum absolute atomic E-state index is 10.4. The average Bonchev–Trinajstić information content (AvgIpc) is 3.13. The van der Waals surface area contributed by atoms with E-state index in [1.54, 1.807) is 25.6 Å². The Balaban J connectivity index is 1.55. The molecule has 138 valence electrons. The molecule has 2 N–H and O–H groups in total. The first-order chi connectivity index (χ1) is 12.6. The number of fused-ring (bicyclic) bond motifs is 1. The third-order valence-corrected chi connectivity index (χ3v) is 5.65. The molecule has 0 amide bonds. The van der Waals surface area contributed by atoms with Gasteiger partial charge in [-0.1, -0.05) is 23.7 Å². The van der Waals surface area contributed by atoms with Crippen molar-refractivity contribution in [3.8, 4) is 11.5 Å². The lowest BCUT2D eigenvalue weighted by atomic mass is 10.1. The molecule has 0 saturated heterocycles. The molecule has 0 aliphatic rings. The molecule has 0 aliphatic heterocycles. The molecule has 0 aliphatic carbocycles. The normalized spacial score (nSPS) is 12.3. The van der Waals surface area contributed by atoms with Crippen LogP contribution in [0.25, 0.3) is 10.1 Å². The Hall–Kier alpha value is -1.79. The number of aliphatic hydroxyl groups excluding tert-OH is 1. The highest BCUT2D eigenvalue weighted by Crippen LogP contribution is 2.37. The Kier molecular flexibility index (Phi) is 6.38. The summed E-state index contributed by atoms with van der Waals surface area (Å²) < 4.78 is 11.8. The average molecular weight is 392 g/mol. The number of thiophene rings is 1. The molecule has 1 unspecified atom stereocenters. The minimum atomic E-state index is -0.542. The fourth-order valence-electron chi connectivity index (χ4n) is 2.90. The highest BCUT2D eigenvalue weighted by Gasteiger charge is 2.13. The van der Waals surface area contributed by atoms with Gasteiger partial charge in [0.05, 0.1) is 25.3 Å². The molecule has 1 atom stereocenters. The number of rotatable bonds is 8. The van der Waals surface area contributed by atoms with Crippen molar-refractivity contribution >= 4 is 33.0 Å². The van der Waals surface area contributed by atoms with Gasteiger partial charge in [-0.3, -0.25) is 0 Å². The predicted molar refractivity (Wildman–Crippen MR) is 108 cm³/mol. The van der Waals surface area contributed by atoms with Gasteiger partial charge in [-0.15, -0.1) is 11.3 Å². The van der Waals surface area contributed by atoms with Crippen molar-refractivity contribution in [3.05, 3.63) is 57.9 Å². The summed E-state index contributed by atoms with van der Waals surface area (Å²) in [6.07, 6.45) is 0.190. The number of methoxy groups -OCH3 is 2. The highest BCUT2D eigenvalue weighted by molar-refractivity contribution is 7.17. The van der Waals surface area contributed by atoms with Crippen molar-refractivity contribution in [1.29, 1.82) is 0 Å². The SMILES string of the molecule is COc1ccc(CCNCC(O)c2ccc3sccc3c2)c(Cl)c1OC. The first kappa shape index (κ1) is 19.0. The Morgan fingerprint density at radius 1 is 1.15 bits per heavy atom. The van der Waals surface area contributed by atoms with Gasteiger partial charge in [0.25, 0.3) is 0 Å². The number of nitrogens with one attached hydrogen (secondary N) is 1. The van der Waals surface area contributed by atoms with E-state index in [4.69, 9.17) is 21.1 Å². The molecular formula is C20H22ClNO3S. The van der Waals surface area contributed by atoms with E-state index in [1.807, 2.05) is 24.3 Å². The lowest BCUT2D eigenvalue weighted by molar-refractivity contribution is 0.175. The van der Waals surface area contributed by atoms with Gasteiger partial charge in [-0.25, -0.2) is 0 Å². The minimum absolute atomic E-state index is 0.487. The minimum Gasteiger partial charge on any atom is -0.493 e. The number of halogens is 1. The second kappa shape index (κ2) is 8.73. The Bertz CT molecular complexity index is 881. The second-order valence-electron chi connectivity index (χ2n) is 5.96. The third-order valence-electron chi connectivity index (χ3n) is 4.34. The Labute approximate surface area is 162 Å². The van der Waals surface area contributed by atoms with Crippen molar-refractivity contribution in [2.45, 2.75) is 12.5 Å². The molecule has 26 heavy (non-hydrogen) atoms. The summed E-state index contributed by atoms with van der Waals surface area (Å²) in [5, 5.41) is 17.5. The summed E-state index contributed by atoms with van der Waals surface area (Å²) >= 11 is 8.10. The van der Waals surface area contributed by atoms with Gasteiger partial charge in [-0.2, -0.15) is 0 Å². The molecule has 3 rings (SSSR count). The van der Waals surface area contributed by atoms with Gasteiger partial charge in [0, 0.05) is 11.2 Å². The van der Waals surface area contributed by atoms with E-state index in [2.05, 4.69) is 22.8 Å². The summed E-state index contributed by atoms with van der Waals surface area (Å²) in [6.45, 7) is 1.19. The van der Waals surface area contributed by atoms with Crippen molar-refractivity contribution in [2.24, 2.45) is 0 Å². The van der Waals surface area contributed by atoms with Crippen LogP contribution in [0.5, 0.6) is 11.5 Å². The van der Waals surface area contributed by atoms with Crippen molar-refractivity contribution in [2.75, 3.05) is 27.3 Å². The molecule has 0 bridgehead atoms. The van der Waals surface area contributed by atoms with Crippen LogP contribution in [0, 0.1) is 0 Å². The quantitative estimate of drug-likeness (QED) is 0.557. The fraction of sp³-hybridized carbons (Fsp3) is 0.300. The number of ether oxygens (including phenoxy) is 2. The van der Waals surface area contributed by atoms with Crippen LogP contribution in [0.1, 0.15) is 17.2 Å². The molecule has 1 heterocycles. The lowest BCUT2D eigenvalue weighted by Crippen LogP contribution is -2.23. The van der Waals surface area contributed by atoms with Gasteiger partial charge < -0.3 is 19.9 Å². The predicted octanol–water partition coefficient (Wildman–Crippen LogP) is 4.44. The summed E-state index contributed by atoms with van der Waals surface area (Å²) in [7, 11) is 3.16. The molecule has 3 aromatic rings. The lowest BCUT2D eigenvalue weighted by Gasteiger charge is -2.14. The van der Waals surface area contributed by atoms with E-state index < -0.39 is 6.10 Å². The number of hydrogen-bond acceptors (Lipinski definition) is 5. The zero-order valence-corrected chi connectivity index (χ0v) is 16.4. The molecule has 6 heteroatoms. The Morgan fingerprint density at radius 2 is 2.00 bits per heavy atom. The number of benzene rings is 2. The summed E-state index contributed by atoms with van der Waals surface area (Å²) in [4.78, 5) is 0. The van der Waals surface area contributed by atoms with Crippen LogP contribution in [-0.4, -0.2) is 32.4 Å². The first-order valence-corrected chi connectivity index (χ1v) is 9.65. The standard InChI is InChI=1S/C20H22ClNO3S/c1-24-17-5-3-13(19(21)20(17)25-2)7-9-22-12-16(23)14-4-6-18-15(11-14)8-10-26-18/h3-6,8,10-11,16,22-23H,7,9,12H2,1-2H3. The van der Waals surface area contributed by atoms with Gasteiger partial charge in [0.2, 0.25) is 0 Å². The maximum Gasteiger partial charge on any atom is 0.179 e. The summed E-state index contributed by atoms with van der Waals surface area (Å²) in [5.41, 5.74) is 1.90. The van der Waals surface area contributed by atoms with Crippen LogP contribution in [0.15, 0.2) is 41.8 Å². The molecule has 4 nitrogen and oxygen atoms in total. The van der Waals surface area contributed by atoms with Crippen LogP contribution in [-0.2, 0) is 6.42 Å². The van der Waals surface area contributed by atoms with Crippen LogP contribution < -0.4 is 14.8 Å². The van der Waals surface area contributed by atoms with E-state index in [0.29, 0.717) is 29.6 Å². The van der Waals surface area contributed by atoms with E-state index in [9.17, 15) is 5.11 Å². The molecular weight excluding hydrogens is 370 g/mol. The third kappa shape index (κ3) is 4.13. The smallest absolute Gasteiger partial charge is 0.179 e. The van der Waals surface area contributed by atoms with Gasteiger partial charge in [-0.05, 0) is 59.1 Å². The van der Waals surface area contributed by atoms with Crippen LogP contribution >= 0.6 is 22.9 Å². The molecule has 0 fully saturated rings. The van der Waals surface area contributed by atoms with Crippen molar-refractivity contribution in [3.63, 3.8) is 0 Å². The van der Waals surface area contributed by atoms with Crippen molar-refractivity contribution < 1.29 is 14.6 Å². The van der Waals surface area contributed by atoms with E-state index >= 15 is 0 Å². The van der Waals surface area contributed by atoms with Gasteiger partial charge in [0.15, 0.2) is 11.5 Å². The van der Waals surface area contributed by atoms with E-state index in [0.717, 1.165) is 17.5 Å².